The number of hydrogen-bond acceptors (Lipinski definition) is 3. The average molecular weight is 217 g/mol. The third-order valence-electron chi connectivity index (χ3n) is 2.93. The summed E-state index contributed by atoms with van der Waals surface area (Å²) in [6.45, 7) is 2.99. The maximum absolute atomic E-state index is 4.04. The van der Waals surface area contributed by atoms with E-state index in [0.29, 0.717) is 0 Å². The molecule has 16 heavy (non-hydrogen) atoms. The molecule has 1 aliphatic rings. The van der Waals surface area contributed by atoms with Gasteiger partial charge in [-0.05, 0) is 50.7 Å². The van der Waals surface area contributed by atoms with Crippen LogP contribution in [0.25, 0.3) is 0 Å². The molecule has 0 spiro atoms. The summed E-state index contributed by atoms with van der Waals surface area (Å²) >= 11 is 0. The maximum Gasteiger partial charge on any atom is 0.148 e. The summed E-state index contributed by atoms with van der Waals surface area (Å²) in [7, 11) is 0. The van der Waals surface area contributed by atoms with E-state index in [1.807, 2.05) is 13.0 Å². The minimum absolute atomic E-state index is 0.886. The Morgan fingerprint density at radius 2 is 2.31 bits per heavy atom. The highest BCUT2D eigenvalue weighted by Crippen LogP contribution is 2.19. The molecule has 1 N–H and O–H groups in total. The van der Waals surface area contributed by atoms with Crippen LogP contribution in [-0.2, 0) is 0 Å². The topological polar surface area (TPSA) is 37.8 Å². The van der Waals surface area contributed by atoms with Crippen molar-refractivity contribution in [3.05, 3.63) is 29.5 Å². The zero-order chi connectivity index (χ0) is 11.2. The van der Waals surface area contributed by atoms with Crippen LogP contribution in [0.15, 0.2) is 23.9 Å². The minimum Gasteiger partial charge on any atom is -0.368 e. The first-order chi connectivity index (χ1) is 7.84. The third-order valence-corrected chi connectivity index (χ3v) is 2.93. The van der Waals surface area contributed by atoms with Gasteiger partial charge in [0.2, 0.25) is 0 Å². The van der Waals surface area contributed by atoms with Crippen molar-refractivity contribution >= 4 is 5.82 Å². The van der Waals surface area contributed by atoms with Crippen molar-refractivity contribution < 1.29 is 0 Å². The van der Waals surface area contributed by atoms with Crippen molar-refractivity contribution in [2.45, 2.75) is 39.0 Å². The van der Waals surface area contributed by atoms with Gasteiger partial charge in [-0.25, -0.2) is 0 Å². The molecule has 0 amide bonds. The fourth-order valence-electron chi connectivity index (χ4n) is 2.03. The molecule has 1 aromatic heterocycles. The Morgan fingerprint density at radius 1 is 1.38 bits per heavy atom. The van der Waals surface area contributed by atoms with E-state index in [-0.39, 0.29) is 0 Å². The highest BCUT2D eigenvalue weighted by molar-refractivity contribution is 5.35. The highest BCUT2D eigenvalue weighted by Gasteiger charge is 2.03. The van der Waals surface area contributed by atoms with Gasteiger partial charge in [-0.3, -0.25) is 0 Å². The van der Waals surface area contributed by atoms with Crippen LogP contribution >= 0.6 is 0 Å². The molecule has 0 saturated heterocycles. The van der Waals surface area contributed by atoms with Crippen LogP contribution in [0.4, 0.5) is 5.82 Å². The van der Waals surface area contributed by atoms with Gasteiger partial charge in [0.15, 0.2) is 0 Å². The van der Waals surface area contributed by atoms with Crippen LogP contribution in [0.3, 0.4) is 0 Å². The van der Waals surface area contributed by atoms with Gasteiger partial charge in [-0.1, -0.05) is 11.6 Å². The quantitative estimate of drug-likeness (QED) is 0.787. The van der Waals surface area contributed by atoms with Gasteiger partial charge in [-0.2, -0.15) is 5.10 Å². The van der Waals surface area contributed by atoms with Crippen LogP contribution in [0.1, 0.15) is 37.7 Å². The van der Waals surface area contributed by atoms with Crippen LogP contribution in [0.5, 0.6) is 0 Å². The molecular weight excluding hydrogens is 198 g/mol. The summed E-state index contributed by atoms with van der Waals surface area (Å²) in [6.07, 6.45) is 10.6. The number of allylic oxidation sites excluding steroid dienone is 1. The smallest absolute Gasteiger partial charge is 0.148 e. The van der Waals surface area contributed by atoms with Gasteiger partial charge < -0.3 is 5.32 Å². The highest BCUT2D eigenvalue weighted by atomic mass is 15.2. The molecule has 2 rings (SSSR count). The predicted octanol–water partition coefficient (Wildman–Crippen LogP) is 3.09. The van der Waals surface area contributed by atoms with Crippen LogP contribution in [0, 0.1) is 6.92 Å². The van der Waals surface area contributed by atoms with E-state index < -0.39 is 0 Å². The molecule has 0 unspecified atom stereocenters. The molecule has 0 fully saturated rings. The lowest BCUT2D eigenvalue weighted by molar-refractivity contribution is 0.679. The molecule has 0 aromatic carbocycles. The standard InChI is InChI=1S/C13H19N3/c1-11-9-13(16-15-10-11)14-8-7-12-5-3-2-4-6-12/h5,9-10H,2-4,6-8H2,1H3,(H,14,16). The van der Waals surface area contributed by atoms with Crippen molar-refractivity contribution in [1.82, 2.24) is 10.2 Å². The number of rotatable bonds is 4. The fraction of sp³-hybridized carbons (Fsp3) is 0.538. The van der Waals surface area contributed by atoms with E-state index in [0.717, 1.165) is 24.3 Å². The van der Waals surface area contributed by atoms with Crippen molar-refractivity contribution in [2.75, 3.05) is 11.9 Å². The summed E-state index contributed by atoms with van der Waals surface area (Å²) < 4.78 is 0. The van der Waals surface area contributed by atoms with Crippen molar-refractivity contribution in [3.63, 3.8) is 0 Å². The van der Waals surface area contributed by atoms with E-state index in [2.05, 4.69) is 21.6 Å². The monoisotopic (exact) mass is 217 g/mol. The summed E-state index contributed by atoms with van der Waals surface area (Å²) in [4.78, 5) is 0. The van der Waals surface area contributed by atoms with Gasteiger partial charge in [0.1, 0.15) is 5.82 Å². The second kappa shape index (κ2) is 5.64. The zero-order valence-electron chi connectivity index (χ0n) is 9.87. The molecule has 0 aliphatic heterocycles. The lowest BCUT2D eigenvalue weighted by Gasteiger charge is -2.12. The molecule has 0 bridgehead atoms. The first-order valence-corrected chi connectivity index (χ1v) is 6.06. The second-order valence-electron chi connectivity index (χ2n) is 4.40. The number of aromatic nitrogens is 2. The Balaban J connectivity index is 1.77. The number of hydrogen-bond donors (Lipinski definition) is 1. The molecule has 3 heteroatoms. The van der Waals surface area contributed by atoms with Crippen LogP contribution < -0.4 is 5.32 Å². The Hall–Kier alpha value is -1.38. The predicted molar refractivity (Wildman–Crippen MR) is 66.4 cm³/mol. The largest absolute Gasteiger partial charge is 0.368 e. The van der Waals surface area contributed by atoms with Gasteiger partial charge in [0.05, 0.1) is 6.20 Å². The van der Waals surface area contributed by atoms with Crippen molar-refractivity contribution in [2.24, 2.45) is 0 Å². The number of nitrogens with zero attached hydrogens (tertiary/aromatic N) is 2. The first-order valence-electron chi connectivity index (χ1n) is 6.06. The SMILES string of the molecule is Cc1cnnc(NCCC2=CCCCC2)c1. The number of anilines is 1. The molecule has 1 aliphatic carbocycles. The molecule has 0 atom stereocenters. The molecule has 3 nitrogen and oxygen atoms in total. The lowest BCUT2D eigenvalue weighted by atomic mass is 9.97. The Morgan fingerprint density at radius 3 is 3.06 bits per heavy atom. The third kappa shape index (κ3) is 3.33. The van der Waals surface area contributed by atoms with E-state index in [1.54, 1.807) is 11.8 Å². The number of nitrogens with one attached hydrogen (secondary N) is 1. The summed E-state index contributed by atoms with van der Waals surface area (Å²) in [6, 6.07) is 2.03. The molecule has 0 radical (unpaired) electrons. The summed E-state index contributed by atoms with van der Waals surface area (Å²) in [5.74, 6) is 0.886. The normalized spacial score (nSPS) is 15.7. The van der Waals surface area contributed by atoms with Gasteiger partial charge in [-0.15, -0.1) is 5.10 Å². The van der Waals surface area contributed by atoms with E-state index in [4.69, 9.17) is 0 Å². The van der Waals surface area contributed by atoms with Crippen LogP contribution in [-0.4, -0.2) is 16.7 Å². The molecule has 1 aromatic rings. The summed E-state index contributed by atoms with van der Waals surface area (Å²) in [5, 5.41) is 11.3. The number of aryl methyl sites for hydroxylation is 1. The lowest BCUT2D eigenvalue weighted by Crippen LogP contribution is -2.06. The van der Waals surface area contributed by atoms with Crippen molar-refractivity contribution in [3.8, 4) is 0 Å². The maximum atomic E-state index is 4.04. The second-order valence-corrected chi connectivity index (χ2v) is 4.40. The Labute approximate surface area is 97.0 Å². The van der Waals surface area contributed by atoms with Crippen molar-refractivity contribution in [1.29, 1.82) is 0 Å². The van der Waals surface area contributed by atoms with E-state index in [9.17, 15) is 0 Å². The Kier molecular flexibility index (Phi) is 3.91. The van der Waals surface area contributed by atoms with E-state index >= 15 is 0 Å². The van der Waals surface area contributed by atoms with E-state index in [1.165, 1.54) is 25.7 Å². The Bertz CT molecular complexity index is 371. The molecular formula is C13H19N3. The van der Waals surface area contributed by atoms with Gasteiger partial charge in [0, 0.05) is 6.54 Å². The molecule has 0 saturated carbocycles. The van der Waals surface area contributed by atoms with Gasteiger partial charge >= 0.3 is 0 Å². The average Bonchev–Trinajstić information content (AvgIpc) is 2.30. The molecule has 1 heterocycles. The molecule has 86 valence electrons. The zero-order valence-corrected chi connectivity index (χ0v) is 9.87. The fourth-order valence-corrected chi connectivity index (χ4v) is 2.03. The first kappa shape index (κ1) is 11.1. The van der Waals surface area contributed by atoms with Crippen LogP contribution in [0.2, 0.25) is 0 Å². The summed E-state index contributed by atoms with van der Waals surface area (Å²) in [5.41, 5.74) is 2.74. The minimum atomic E-state index is 0.886. The van der Waals surface area contributed by atoms with Gasteiger partial charge in [0.25, 0.3) is 0 Å².